The molecule has 3 heterocycles. The second-order valence-corrected chi connectivity index (χ2v) is 10.6. The molecule has 164 valence electrons. The number of pyridine rings is 1. The highest BCUT2D eigenvalue weighted by atomic mass is 32.2. The zero-order valence-electron chi connectivity index (χ0n) is 17.4. The van der Waals surface area contributed by atoms with E-state index in [1.54, 1.807) is 35.0 Å². The predicted molar refractivity (Wildman–Crippen MR) is 121 cm³/mol. The molecule has 0 aliphatic carbocycles. The molecule has 0 bridgehead atoms. The van der Waals surface area contributed by atoms with Crippen LogP contribution in [-0.4, -0.2) is 41.3 Å². The number of carbonyl (C=O) groups is 1. The molecule has 0 spiro atoms. The first kappa shape index (κ1) is 21.7. The fourth-order valence-corrected chi connectivity index (χ4v) is 6.41. The van der Waals surface area contributed by atoms with Crippen LogP contribution in [0.4, 0.5) is 5.82 Å². The number of amides is 1. The number of rotatable bonds is 5. The number of sulfonamides is 1. The quantitative estimate of drug-likeness (QED) is 0.631. The molecule has 2 aromatic heterocycles. The lowest BCUT2D eigenvalue weighted by molar-refractivity contribution is -0.120. The summed E-state index contributed by atoms with van der Waals surface area (Å²) in [5.41, 5.74) is 1.75. The normalized spacial score (nSPS) is 15.9. The molecule has 3 aromatic rings. The van der Waals surface area contributed by atoms with Gasteiger partial charge in [-0.1, -0.05) is 11.3 Å². The van der Waals surface area contributed by atoms with Gasteiger partial charge in [-0.3, -0.25) is 14.2 Å². The second kappa shape index (κ2) is 8.52. The van der Waals surface area contributed by atoms with E-state index >= 15 is 0 Å². The van der Waals surface area contributed by atoms with Crippen molar-refractivity contribution in [1.29, 1.82) is 0 Å². The van der Waals surface area contributed by atoms with E-state index in [0.29, 0.717) is 29.9 Å². The Balaban J connectivity index is 1.46. The van der Waals surface area contributed by atoms with Crippen molar-refractivity contribution >= 4 is 43.3 Å². The maximum atomic E-state index is 13.1. The minimum Gasteiger partial charge on any atom is -0.310 e. The molecule has 1 N–H and O–H groups in total. The lowest BCUT2D eigenvalue weighted by Crippen LogP contribution is -2.41. The van der Waals surface area contributed by atoms with E-state index in [-0.39, 0.29) is 34.7 Å². The molecule has 8 nitrogen and oxygen atoms in total. The van der Waals surface area contributed by atoms with Crippen molar-refractivity contribution in [3.63, 3.8) is 0 Å². The average molecular weight is 461 g/mol. The van der Waals surface area contributed by atoms with Gasteiger partial charge in [0.05, 0.1) is 15.1 Å². The van der Waals surface area contributed by atoms with Crippen molar-refractivity contribution in [2.24, 2.45) is 5.92 Å². The van der Waals surface area contributed by atoms with E-state index in [9.17, 15) is 18.0 Å². The summed E-state index contributed by atoms with van der Waals surface area (Å²) in [5, 5.41) is 2.82. The Kier molecular flexibility index (Phi) is 5.96. The van der Waals surface area contributed by atoms with E-state index in [2.05, 4.69) is 10.3 Å². The number of thiazole rings is 1. The van der Waals surface area contributed by atoms with E-state index in [4.69, 9.17) is 0 Å². The number of fused-ring (bicyclic) bond motifs is 1. The van der Waals surface area contributed by atoms with Crippen molar-refractivity contribution in [2.45, 2.75) is 38.1 Å². The molecule has 1 fully saturated rings. The number of nitrogens with one attached hydrogen (secondary N) is 1. The van der Waals surface area contributed by atoms with Crippen molar-refractivity contribution in [1.82, 2.24) is 13.9 Å². The van der Waals surface area contributed by atoms with Gasteiger partial charge in [0.2, 0.25) is 15.9 Å². The van der Waals surface area contributed by atoms with E-state index in [0.717, 1.165) is 22.4 Å². The van der Waals surface area contributed by atoms with Gasteiger partial charge in [0, 0.05) is 31.7 Å². The van der Waals surface area contributed by atoms with Gasteiger partial charge < -0.3 is 5.32 Å². The molecular weight excluding hydrogens is 436 g/mol. The summed E-state index contributed by atoms with van der Waals surface area (Å²) in [4.78, 5) is 28.9. The van der Waals surface area contributed by atoms with Crippen LogP contribution in [0.2, 0.25) is 0 Å². The highest BCUT2D eigenvalue weighted by Gasteiger charge is 2.32. The van der Waals surface area contributed by atoms with E-state index in [1.807, 2.05) is 19.9 Å². The number of hydrogen-bond acceptors (Lipinski definition) is 6. The Morgan fingerprint density at radius 2 is 1.97 bits per heavy atom. The molecule has 0 unspecified atom stereocenters. The van der Waals surface area contributed by atoms with Gasteiger partial charge in [-0.15, -0.1) is 0 Å². The predicted octanol–water partition coefficient (Wildman–Crippen LogP) is 2.83. The first-order valence-electron chi connectivity index (χ1n) is 10.2. The summed E-state index contributed by atoms with van der Waals surface area (Å²) in [6, 6.07) is 8.47. The third kappa shape index (κ3) is 4.28. The lowest BCUT2D eigenvalue weighted by Gasteiger charge is -2.30. The number of hydrogen-bond donors (Lipinski definition) is 1. The van der Waals surface area contributed by atoms with Crippen LogP contribution in [0.3, 0.4) is 0 Å². The number of benzene rings is 1. The van der Waals surface area contributed by atoms with Crippen LogP contribution in [0.25, 0.3) is 10.2 Å². The number of nitrogens with zero attached hydrogens (tertiary/aromatic N) is 3. The first-order chi connectivity index (χ1) is 14.8. The minimum absolute atomic E-state index is 0.0954. The van der Waals surface area contributed by atoms with Crippen molar-refractivity contribution in [2.75, 3.05) is 18.4 Å². The van der Waals surface area contributed by atoms with Gasteiger partial charge in [-0.05, 0) is 62.6 Å². The van der Waals surface area contributed by atoms with Crippen molar-refractivity contribution < 1.29 is 13.2 Å². The summed E-state index contributed by atoms with van der Waals surface area (Å²) in [6.07, 6.45) is 2.53. The fourth-order valence-electron chi connectivity index (χ4n) is 3.85. The molecule has 10 heteroatoms. The first-order valence-corrected chi connectivity index (χ1v) is 12.4. The average Bonchev–Trinajstić information content (AvgIpc) is 3.07. The Morgan fingerprint density at radius 1 is 1.23 bits per heavy atom. The highest BCUT2D eigenvalue weighted by molar-refractivity contribution is 7.89. The zero-order valence-corrected chi connectivity index (χ0v) is 19.0. The number of aryl methyl sites for hydroxylation is 2. The maximum Gasteiger partial charge on any atom is 0.308 e. The Labute approximate surface area is 184 Å². The topological polar surface area (TPSA) is 101 Å². The molecular formula is C21H24N4O4S2. The monoisotopic (exact) mass is 460 g/mol. The second-order valence-electron chi connectivity index (χ2n) is 7.63. The number of anilines is 1. The third-order valence-electron chi connectivity index (χ3n) is 5.59. The van der Waals surface area contributed by atoms with Crippen molar-refractivity contribution in [3.8, 4) is 0 Å². The zero-order chi connectivity index (χ0) is 22.2. The molecule has 1 amide bonds. The van der Waals surface area contributed by atoms with E-state index in [1.165, 1.54) is 4.31 Å². The summed E-state index contributed by atoms with van der Waals surface area (Å²) in [7, 11) is -3.69. The molecule has 31 heavy (non-hydrogen) atoms. The van der Waals surface area contributed by atoms with Crippen LogP contribution in [0.1, 0.15) is 25.3 Å². The SMILES string of the molecule is CCn1c(=O)sc2cc(S(=O)(=O)N3CCC(C(=O)Nc4cc(C)ccn4)CC3)ccc21. The Morgan fingerprint density at radius 3 is 2.65 bits per heavy atom. The van der Waals surface area contributed by atoms with Gasteiger partial charge in [0.1, 0.15) is 5.82 Å². The van der Waals surface area contributed by atoms with Crippen LogP contribution < -0.4 is 10.2 Å². The van der Waals surface area contributed by atoms with Gasteiger partial charge in [0.15, 0.2) is 0 Å². The molecule has 1 aliphatic rings. The largest absolute Gasteiger partial charge is 0.310 e. The molecule has 4 rings (SSSR count). The summed E-state index contributed by atoms with van der Waals surface area (Å²) in [6.45, 7) is 4.89. The molecule has 0 saturated carbocycles. The molecule has 0 radical (unpaired) electrons. The van der Waals surface area contributed by atoms with Gasteiger partial charge in [0.25, 0.3) is 0 Å². The fraction of sp³-hybridized carbons (Fsp3) is 0.381. The summed E-state index contributed by atoms with van der Waals surface area (Å²) in [5.74, 6) is 0.105. The lowest BCUT2D eigenvalue weighted by atomic mass is 9.97. The maximum absolute atomic E-state index is 13.1. The number of aromatic nitrogens is 2. The molecule has 1 saturated heterocycles. The molecule has 1 aliphatic heterocycles. The van der Waals surface area contributed by atoms with Gasteiger partial charge in [-0.25, -0.2) is 13.4 Å². The Bertz CT molecular complexity index is 1290. The van der Waals surface area contributed by atoms with Crippen molar-refractivity contribution in [3.05, 3.63) is 51.8 Å². The summed E-state index contributed by atoms with van der Waals surface area (Å²) < 4.78 is 30.0. The Hall–Kier alpha value is -2.56. The highest BCUT2D eigenvalue weighted by Crippen LogP contribution is 2.27. The van der Waals surface area contributed by atoms with Gasteiger partial charge >= 0.3 is 4.87 Å². The molecule has 1 aromatic carbocycles. The van der Waals surface area contributed by atoms with Crippen LogP contribution >= 0.6 is 11.3 Å². The van der Waals surface area contributed by atoms with E-state index < -0.39 is 10.0 Å². The smallest absolute Gasteiger partial charge is 0.308 e. The summed E-state index contributed by atoms with van der Waals surface area (Å²) >= 11 is 1.05. The number of carbonyl (C=O) groups excluding carboxylic acids is 1. The minimum atomic E-state index is -3.69. The standard InChI is InChI=1S/C21H24N4O4S2/c1-3-25-17-5-4-16(13-18(17)30-21(25)27)31(28,29)24-10-7-15(8-11-24)20(26)23-19-12-14(2)6-9-22-19/h4-6,9,12-13,15H,3,7-8,10-11H2,1-2H3,(H,22,23,26). The van der Waals surface area contributed by atoms with Crippen LogP contribution in [-0.2, 0) is 21.4 Å². The van der Waals surface area contributed by atoms with Crippen LogP contribution in [0, 0.1) is 12.8 Å². The van der Waals surface area contributed by atoms with Crippen LogP contribution in [0.5, 0.6) is 0 Å². The van der Waals surface area contributed by atoms with Crippen LogP contribution in [0.15, 0.2) is 46.2 Å². The number of piperidine rings is 1. The molecule has 0 atom stereocenters. The van der Waals surface area contributed by atoms with Gasteiger partial charge in [-0.2, -0.15) is 4.31 Å². The third-order valence-corrected chi connectivity index (χ3v) is 8.42.